The molecule has 5 nitrogen and oxygen atoms in total. The van der Waals surface area contributed by atoms with Gasteiger partial charge in [-0.15, -0.1) is 0 Å². The molecule has 0 aliphatic heterocycles. The van der Waals surface area contributed by atoms with Gasteiger partial charge in [0.15, 0.2) is 0 Å². The molecule has 0 radical (unpaired) electrons. The predicted molar refractivity (Wildman–Crippen MR) is 84.3 cm³/mol. The topological polar surface area (TPSA) is 80.9 Å². The molecule has 0 saturated carbocycles. The largest absolute Gasteiger partial charge is 0.395 e. The minimum atomic E-state index is -0.186. The van der Waals surface area contributed by atoms with Crippen LogP contribution >= 0.6 is 11.8 Å². The fourth-order valence-corrected chi connectivity index (χ4v) is 2.99. The van der Waals surface area contributed by atoms with E-state index >= 15 is 0 Å². The number of hydrogen-bond acceptors (Lipinski definition) is 4. The van der Waals surface area contributed by atoms with Crippen LogP contribution in [0, 0.1) is 0 Å². The summed E-state index contributed by atoms with van der Waals surface area (Å²) in [4.78, 5) is 16.8. The van der Waals surface area contributed by atoms with Crippen molar-refractivity contribution in [3.8, 4) is 0 Å². The Morgan fingerprint density at radius 3 is 2.65 bits per heavy atom. The van der Waals surface area contributed by atoms with Crippen LogP contribution in [0.1, 0.15) is 25.5 Å². The molecule has 0 fully saturated rings. The Labute approximate surface area is 122 Å². The van der Waals surface area contributed by atoms with Crippen molar-refractivity contribution in [1.82, 2.24) is 15.3 Å². The van der Waals surface area contributed by atoms with Crippen LogP contribution in [0.4, 0.5) is 0 Å². The van der Waals surface area contributed by atoms with Crippen molar-refractivity contribution in [3.63, 3.8) is 0 Å². The van der Waals surface area contributed by atoms with Crippen molar-refractivity contribution in [1.29, 1.82) is 0 Å². The predicted octanol–water partition coefficient (Wildman–Crippen LogP) is 1.62. The van der Waals surface area contributed by atoms with Crippen molar-refractivity contribution >= 4 is 22.8 Å². The van der Waals surface area contributed by atoms with Crippen LogP contribution in [0.2, 0.25) is 0 Å². The first-order valence-electron chi connectivity index (χ1n) is 6.66. The van der Waals surface area contributed by atoms with E-state index in [0.717, 1.165) is 16.6 Å². The van der Waals surface area contributed by atoms with E-state index in [0.29, 0.717) is 0 Å². The molecule has 0 amide bonds. The summed E-state index contributed by atoms with van der Waals surface area (Å²) < 4.78 is 0. The summed E-state index contributed by atoms with van der Waals surface area (Å²) in [6.45, 7) is 4.31. The lowest BCUT2D eigenvalue weighted by Crippen LogP contribution is -2.38. The van der Waals surface area contributed by atoms with Crippen LogP contribution in [0.3, 0.4) is 0 Å². The summed E-state index contributed by atoms with van der Waals surface area (Å²) >= 11 is 1.66. The average molecular weight is 295 g/mol. The van der Waals surface area contributed by atoms with Gasteiger partial charge in [0, 0.05) is 17.3 Å². The van der Waals surface area contributed by atoms with Crippen LogP contribution < -0.4 is 11.0 Å². The van der Waals surface area contributed by atoms with E-state index in [9.17, 15) is 9.90 Å². The first-order chi connectivity index (χ1) is 9.55. The van der Waals surface area contributed by atoms with Crippen LogP contribution in [0.15, 0.2) is 23.0 Å². The number of aromatic nitrogens is 2. The lowest BCUT2D eigenvalue weighted by molar-refractivity contribution is 0.272. The molecule has 3 atom stereocenters. The quantitative estimate of drug-likeness (QED) is 0.653. The van der Waals surface area contributed by atoms with Gasteiger partial charge < -0.3 is 20.4 Å². The number of aliphatic hydroxyl groups is 1. The van der Waals surface area contributed by atoms with Crippen LogP contribution in [-0.4, -0.2) is 39.2 Å². The lowest BCUT2D eigenvalue weighted by atomic mass is 10.1. The second kappa shape index (κ2) is 6.47. The number of aliphatic hydroxyl groups excluding tert-OH is 1. The molecule has 2 aromatic rings. The van der Waals surface area contributed by atoms with Crippen LogP contribution in [-0.2, 0) is 0 Å². The maximum Gasteiger partial charge on any atom is 0.323 e. The molecule has 6 heteroatoms. The number of fused-ring (bicyclic) bond motifs is 1. The Morgan fingerprint density at radius 1 is 1.30 bits per heavy atom. The second-order valence-electron chi connectivity index (χ2n) is 5.02. The Morgan fingerprint density at radius 2 is 2.00 bits per heavy atom. The number of aromatic amines is 2. The van der Waals surface area contributed by atoms with Gasteiger partial charge in [-0.3, -0.25) is 0 Å². The molecule has 20 heavy (non-hydrogen) atoms. The highest BCUT2D eigenvalue weighted by Crippen LogP contribution is 2.19. The fourth-order valence-electron chi connectivity index (χ4n) is 2.35. The van der Waals surface area contributed by atoms with Crippen LogP contribution in [0.25, 0.3) is 11.0 Å². The first kappa shape index (κ1) is 15.2. The number of benzene rings is 1. The van der Waals surface area contributed by atoms with E-state index in [-0.39, 0.29) is 29.6 Å². The summed E-state index contributed by atoms with van der Waals surface area (Å²) in [6, 6.07) is 6.23. The molecule has 110 valence electrons. The van der Waals surface area contributed by atoms with E-state index < -0.39 is 0 Å². The molecule has 0 aliphatic rings. The van der Waals surface area contributed by atoms with Gasteiger partial charge in [-0.2, -0.15) is 11.8 Å². The molecule has 0 saturated heterocycles. The summed E-state index contributed by atoms with van der Waals surface area (Å²) in [6.07, 6.45) is 2.00. The minimum Gasteiger partial charge on any atom is -0.395 e. The number of nitrogens with one attached hydrogen (secondary N) is 3. The van der Waals surface area contributed by atoms with Gasteiger partial charge in [0.2, 0.25) is 0 Å². The Kier molecular flexibility index (Phi) is 4.91. The van der Waals surface area contributed by atoms with Gasteiger partial charge in [0.05, 0.1) is 17.6 Å². The third-order valence-corrected chi connectivity index (χ3v) is 4.76. The molecule has 0 aliphatic carbocycles. The number of hydrogen-bond donors (Lipinski definition) is 4. The van der Waals surface area contributed by atoms with E-state index in [1.54, 1.807) is 11.8 Å². The Bertz CT molecular complexity index is 618. The highest BCUT2D eigenvalue weighted by molar-refractivity contribution is 7.99. The maximum absolute atomic E-state index is 11.3. The zero-order chi connectivity index (χ0) is 14.7. The summed E-state index contributed by atoms with van der Waals surface area (Å²) in [5, 5.41) is 13.0. The van der Waals surface area contributed by atoms with E-state index in [1.165, 1.54) is 0 Å². The van der Waals surface area contributed by atoms with Crippen molar-refractivity contribution in [3.05, 3.63) is 34.2 Å². The highest BCUT2D eigenvalue weighted by atomic mass is 32.2. The number of H-pyrrole nitrogens is 2. The van der Waals surface area contributed by atoms with Gasteiger partial charge >= 0.3 is 5.69 Å². The van der Waals surface area contributed by atoms with Crippen molar-refractivity contribution in [2.75, 3.05) is 12.9 Å². The van der Waals surface area contributed by atoms with E-state index in [2.05, 4.69) is 29.1 Å². The Hall–Kier alpha value is -1.24. The number of imidazole rings is 1. The lowest BCUT2D eigenvalue weighted by Gasteiger charge is -2.25. The maximum atomic E-state index is 11.3. The van der Waals surface area contributed by atoms with Gasteiger partial charge in [0.25, 0.3) is 0 Å². The molecule has 1 aromatic heterocycles. The summed E-state index contributed by atoms with van der Waals surface area (Å²) in [5.41, 5.74) is 2.56. The Balaban J connectivity index is 2.14. The van der Waals surface area contributed by atoms with Gasteiger partial charge in [-0.1, -0.05) is 6.07 Å². The molecule has 1 aromatic carbocycles. The monoisotopic (exact) mass is 295 g/mol. The summed E-state index contributed by atoms with van der Waals surface area (Å²) in [7, 11) is 0. The second-order valence-corrected chi connectivity index (χ2v) is 6.09. The molecule has 0 spiro atoms. The minimum absolute atomic E-state index is 0.147. The van der Waals surface area contributed by atoms with Crippen molar-refractivity contribution in [2.45, 2.75) is 31.2 Å². The van der Waals surface area contributed by atoms with E-state index in [1.807, 2.05) is 24.5 Å². The van der Waals surface area contributed by atoms with Gasteiger partial charge in [-0.05, 0) is 37.8 Å². The molecule has 1 heterocycles. The van der Waals surface area contributed by atoms with Crippen molar-refractivity contribution < 1.29 is 5.11 Å². The highest BCUT2D eigenvalue weighted by Gasteiger charge is 2.18. The standard InChI is InChI=1S/C14H21N3O2S/c1-8(15-9(2)13(7-18)20-3)10-4-5-11-12(6-10)17-14(19)16-11/h4-6,8-9,13,15,18H,7H2,1-3H3,(H2,16,17,19). The van der Waals surface area contributed by atoms with E-state index in [4.69, 9.17) is 0 Å². The molecule has 3 unspecified atom stereocenters. The normalized spacial score (nSPS) is 16.2. The third kappa shape index (κ3) is 3.26. The zero-order valence-electron chi connectivity index (χ0n) is 11.9. The SMILES string of the molecule is CSC(CO)C(C)NC(C)c1ccc2[nH]c(=O)[nH]c2c1. The average Bonchev–Trinajstić information content (AvgIpc) is 2.78. The fraction of sp³-hybridized carbons (Fsp3) is 0.500. The molecule has 0 bridgehead atoms. The molecular formula is C14H21N3O2S. The first-order valence-corrected chi connectivity index (χ1v) is 7.95. The molecule has 2 rings (SSSR count). The zero-order valence-corrected chi connectivity index (χ0v) is 12.8. The third-order valence-electron chi connectivity index (χ3n) is 3.59. The molecule has 4 N–H and O–H groups in total. The summed E-state index contributed by atoms with van der Waals surface area (Å²) in [5.74, 6) is 0. The number of thioether (sulfide) groups is 1. The smallest absolute Gasteiger partial charge is 0.323 e. The van der Waals surface area contributed by atoms with Gasteiger partial charge in [0.1, 0.15) is 0 Å². The molecular weight excluding hydrogens is 274 g/mol. The number of rotatable bonds is 6. The van der Waals surface area contributed by atoms with Gasteiger partial charge in [-0.25, -0.2) is 4.79 Å². The van der Waals surface area contributed by atoms with Crippen molar-refractivity contribution in [2.24, 2.45) is 0 Å². The van der Waals surface area contributed by atoms with Crippen LogP contribution in [0.5, 0.6) is 0 Å².